The molecule has 0 saturated heterocycles. The minimum absolute atomic E-state index is 0.787. The zero-order valence-corrected chi connectivity index (χ0v) is 14.2. The highest BCUT2D eigenvalue weighted by Gasteiger charge is 2.02. The first-order valence-corrected chi connectivity index (χ1v) is 8.09. The summed E-state index contributed by atoms with van der Waals surface area (Å²) in [5, 5.41) is 14.7. The molecule has 2 N–H and O–H groups in total. The summed E-state index contributed by atoms with van der Waals surface area (Å²) in [6.45, 7) is 6.67. The van der Waals surface area contributed by atoms with Crippen molar-refractivity contribution >= 4 is 5.96 Å². The summed E-state index contributed by atoms with van der Waals surface area (Å²) in [5.74, 6) is 1.83. The van der Waals surface area contributed by atoms with Gasteiger partial charge in [0, 0.05) is 33.1 Å². The van der Waals surface area contributed by atoms with Crippen LogP contribution in [0.1, 0.15) is 23.9 Å². The van der Waals surface area contributed by atoms with E-state index in [1.54, 1.807) is 13.4 Å². The van der Waals surface area contributed by atoms with Crippen LogP contribution in [-0.4, -0.2) is 40.9 Å². The second-order valence-electron chi connectivity index (χ2n) is 5.46. The average molecular weight is 314 g/mol. The van der Waals surface area contributed by atoms with E-state index < -0.39 is 0 Å². The molecule has 0 radical (unpaired) electrons. The second-order valence-corrected chi connectivity index (χ2v) is 5.46. The van der Waals surface area contributed by atoms with Gasteiger partial charge in [0.2, 0.25) is 0 Å². The molecule has 0 aliphatic rings. The van der Waals surface area contributed by atoms with Crippen molar-refractivity contribution in [3.05, 3.63) is 47.5 Å². The monoisotopic (exact) mass is 314 g/mol. The Bertz CT molecular complexity index is 632. The van der Waals surface area contributed by atoms with E-state index in [9.17, 15) is 0 Å². The Labute approximate surface area is 138 Å². The summed E-state index contributed by atoms with van der Waals surface area (Å²) in [5.41, 5.74) is 2.63. The number of aryl methyl sites for hydroxylation is 2. The van der Waals surface area contributed by atoms with Gasteiger partial charge in [-0.15, -0.1) is 10.2 Å². The summed E-state index contributed by atoms with van der Waals surface area (Å²) in [7, 11) is 1.79. The van der Waals surface area contributed by atoms with E-state index in [4.69, 9.17) is 0 Å². The lowest BCUT2D eigenvalue weighted by atomic mass is 10.1. The summed E-state index contributed by atoms with van der Waals surface area (Å²) in [4.78, 5) is 4.25. The van der Waals surface area contributed by atoms with Gasteiger partial charge in [0.1, 0.15) is 12.2 Å². The van der Waals surface area contributed by atoms with Gasteiger partial charge >= 0.3 is 0 Å². The Morgan fingerprint density at radius 1 is 1.26 bits per heavy atom. The molecule has 0 spiro atoms. The lowest BCUT2D eigenvalue weighted by Gasteiger charge is -2.12. The van der Waals surface area contributed by atoms with Crippen LogP contribution in [0.2, 0.25) is 0 Å². The SMILES string of the molecule is CCc1nncn1CCNC(=NC)NCCc1cccc(C)c1. The van der Waals surface area contributed by atoms with E-state index in [0.29, 0.717) is 0 Å². The number of benzene rings is 1. The molecule has 0 unspecified atom stereocenters. The summed E-state index contributed by atoms with van der Waals surface area (Å²) >= 11 is 0. The number of nitrogens with one attached hydrogen (secondary N) is 2. The standard InChI is InChI=1S/C17H26N6/c1-4-16-22-21-13-23(16)11-10-20-17(18-3)19-9-8-15-7-5-6-14(2)12-15/h5-7,12-13H,4,8-11H2,1-3H3,(H2,18,19,20). The van der Waals surface area contributed by atoms with Crippen molar-refractivity contribution in [3.8, 4) is 0 Å². The van der Waals surface area contributed by atoms with Crippen LogP contribution in [0.3, 0.4) is 0 Å². The van der Waals surface area contributed by atoms with Gasteiger partial charge < -0.3 is 15.2 Å². The molecule has 2 aromatic rings. The van der Waals surface area contributed by atoms with Crippen molar-refractivity contribution in [2.45, 2.75) is 33.2 Å². The number of rotatable bonds is 7. The summed E-state index contributed by atoms with van der Waals surface area (Å²) in [6, 6.07) is 8.59. The maximum Gasteiger partial charge on any atom is 0.191 e. The highest BCUT2D eigenvalue weighted by molar-refractivity contribution is 5.79. The van der Waals surface area contributed by atoms with E-state index in [-0.39, 0.29) is 0 Å². The molecule has 0 amide bonds. The Balaban J connectivity index is 1.71. The second kappa shape index (κ2) is 8.92. The predicted molar refractivity (Wildman–Crippen MR) is 93.6 cm³/mol. The average Bonchev–Trinajstić information content (AvgIpc) is 3.01. The van der Waals surface area contributed by atoms with Crippen molar-refractivity contribution in [1.29, 1.82) is 0 Å². The molecule has 124 valence electrons. The van der Waals surface area contributed by atoms with E-state index in [1.165, 1.54) is 11.1 Å². The van der Waals surface area contributed by atoms with Gasteiger partial charge in [0.25, 0.3) is 0 Å². The minimum atomic E-state index is 0.787. The van der Waals surface area contributed by atoms with Gasteiger partial charge in [-0.25, -0.2) is 0 Å². The molecule has 1 heterocycles. The topological polar surface area (TPSA) is 67.1 Å². The molecule has 0 bridgehead atoms. The van der Waals surface area contributed by atoms with Crippen LogP contribution in [0.25, 0.3) is 0 Å². The third kappa shape index (κ3) is 5.39. The van der Waals surface area contributed by atoms with Crippen LogP contribution in [0, 0.1) is 6.92 Å². The van der Waals surface area contributed by atoms with Crippen molar-refractivity contribution in [3.63, 3.8) is 0 Å². The van der Waals surface area contributed by atoms with Gasteiger partial charge in [-0.3, -0.25) is 4.99 Å². The van der Waals surface area contributed by atoms with Gasteiger partial charge in [-0.2, -0.15) is 0 Å². The first-order valence-electron chi connectivity index (χ1n) is 8.09. The summed E-state index contributed by atoms with van der Waals surface area (Å²) in [6.07, 6.45) is 3.64. The third-order valence-electron chi connectivity index (χ3n) is 3.67. The Morgan fingerprint density at radius 3 is 2.83 bits per heavy atom. The zero-order valence-electron chi connectivity index (χ0n) is 14.2. The van der Waals surface area contributed by atoms with Crippen LogP contribution in [-0.2, 0) is 19.4 Å². The largest absolute Gasteiger partial charge is 0.356 e. The maximum absolute atomic E-state index is 4.25. The van der Waals surface area contributed by atoms with Crippen LogP contribution in [0.15, 0.2) is 35.6 Å². The first-order chi connectivity index (χ1) is 11.2. The normalized spacial score (nSPS) is 11.5. The van der Waals surface area contributed by atoms with E-state index in [0.717, 1.165) is 44.3 Å². The van der Waals surface area contributed by atoms with Crippen LogP contribution in [0.5, 0.6) is 0 Å². The first kappa shape index (κ1) is 17.0. The molecule has 6 nitrogen and oxygen atoms in total. The fourth-order valence-electron chi connectivity index (χ4n) is 2.45. The van der Waals surface area contributed by atoms with Crippen LogP contribution in [0.4, 0.5) is 0 Å². The number of hydrogen-bond donors (Lipinski definition) is 2. The third-order valence-corrected chi connectivity index (χ3v) is 3.67. The maximum atomic E-state index is 4.25. The van der Waals surface area contributed by atoms with Crippen molar-refractivity contribution in [2.75, 3.05) is 20.1 Å². The molecule has 0 fully saturated rings. The molecular weight excluding hydrogens is 288 g/mol. The smallest absolute Gasteiger partial charge is 0.191 e. The van der Waals surface area contributed by atoms with Crippen molar-refractivity contribution in [1.82, 2.24) is 25.4 Å². The van der Waals surface area contributed by atoms with E-state index >= 15 is 0 Å². The molecule has 0 atom stereocenters. The highest BCUT2D eigenvalue weighted by atomic mass is 15.3. The fraction of sp³-hybridized carbons (Fsp3) is 0.471. The fourth-order valence-corrected chi connectivity index (χ4v) is 2.45. The van der Waals surface area contributed by atoms with Crippen LogP contribution < -0.4 is 10.6 Å². The Hall–Kier alpha value is -2.37. The number of nitrogens with zero attached hydrogens (tertiary/aromatic N) is 4. The van der Waals surface area contributed by atoms with Crippen molar-refractivity contribution < 1.29 is 0 Å². The molecular formula is C17H26N6. The van der Waals surface area contributed by atoms with Gasteiger partial charge in [0.15, 0.2) is 5.96 Å². The van der Waals surface area contributed by atoms with Gasteiger partial charge in [-0.1, -0.05) is 36.8 Å². The van der Waals surface area contributed by atoms with E-state index in [1.807, 2.05) is 0 Å². The van der Waals surface area contributed by atoms with Crippen LogP contribution >= 0.6 is 0 Å². The molecule has 0 aliphatic carbocycles. The lowest BCUT2D eigenvalue weighted by molar-refractivity contribution is 0.632. The zero-order chi connectivity index (χ0) is 16.5. The molecule has 1 aromatic carbocycles. The number of guanidine groups is 1. The van der Waals surface area contributed by atoms with Gasteiger partial charge in [0.05, 0.1) is 0 Å². The van der Waals surface area contributed by atoms with Gasteiger partial charge in [-0.05, 0) is 18.9 Å². The van der Waals surface area contributed by atoms with E-state index in [2.05, 4.69) is 68.5 Å². The number of aliphatic imine (C=N–C) groups is 1. The predicted octanol–water partition coefficient (Wildman–Crippen LogP) is 1.56. The number of aromatic nitrogens is 3. The molecule has 0 saturated carbocycles. The minimum Gasteiger partial charge on any atom is -0.356 e. The van der Waals surface area contributed by atoms with Crippen molar-refractivity contribution in [2.24, 2.45) is 4.99 Å². The Morgan fingerprint density at radius 2 is 2.09 bits per heavy atom. The number of hydrogen-bond acceptors (Lipinski definition) is 3. The lowest BCUT2D eigenvalue weighted by Crippen LogP contribution is -2.39. The quantitative estimate of drug-likeness (QED) is 0.601. The molecule has 2 rings (SSSR count). The highest BCUT2D eigenvalue weighted by Crippen LogP contribution is 2.03. The molecule has 6 heteroatoms. The summed E-state index contributed by atoms with van der Waals surface area (Å²) < 4.78 is 2.06. The molecule has 0 aliphatic heterocycles. The Kier molecular flexibility index (Phi) is 6.59. The molecule has 23 heavy (non-hydrogen) atoms. The molecule has 1 aromatic heterocycles.